The van der Waals surface area contributed by atoms with Crippen LogP contribution in [0.1, 0.15) is 11.1 Å². The van der Waals surface area contributed by atoms with Gasteiger partial charge in [-0.3, -0.25) is 4.79 Å². The van der Waals surface area contributed by atoms with E-state index in [0.717, 1.165) is 27.5 Å². The van der Waals surface area contributed by atoms with Crippen molar-refractivity contribution in [1.82, 2.24) is 15.0 Å². The number of nitrogens with zero attached hydrogens (tertiary/aromatic N) is 4. The number of hydrogen-bond acceptors (Lipinski definition) is 7. The third-order valence-corrected chi connectivity index (χ3v) is 6.86. The van der Waals surface area contributed by atoms with Crippen LogP contribution < -0.4 is 10.2 Å². The van der Waals surface area contributed by atoms with Gasteiger partial charge in [0.1, 0.15) is 16.1 Å². The number of thiazole rings is 1. The average Bonchev–Trinajstić information content (AvgIpc) is 3.23. The summed E-state index contributed by atoms with van der Waals surface area (Å²) in [6.45, 7) is 0.687. The topological polar surface area (TPSA) is 71.0 Å². The molecule has 0 spiro atoms. The molecule has 0 saturated carbocycles. The van der Waals surface area contributed by atoms with E-state index in [9.17, 15) is 18.0 Å². The van der Waals surface area contributed by atoms with Crippen molar-refractivity contribution < 1.29 is 18.0 Å². The van der Waals surface area contributed by atoms with E-state index >= 15 is 0 Å². The first-order valence-electron chi connectivity index (χ1n) is 9.76. The fourth-order valence-corrected chi connectivity index (χ4v) is 4.84. The predicted molar refractivity (Wildman–Crippen MR) is 125 cm³/mol. The van der Waals surface area contributed by atoms with E-state index in [1.807, 2.05) is 42.3 Å². The molecule has 4 rings (SSSR count). The Morgan fingerprint density at radius 1 is 1.09 bits per heavy atom. The van der Waals surface area contributed by atoms with Crippen molar-refractivity contribution in [3.63, 3.8) is 0 Å². The van der Waals surface area contributed by atoms with Crippen LogP contribution in [0.4, 0.5) is 24.0 Å². The van der Waals surface area contributed by atoms with Crippen molar-refractivity contribution in [2.75, 3.05) is 23.0 Å². The SMILES string of the molecule is CN(Cc1ccccc1)c1nc2ncnc(SCC(=O)Nc3ccc(C(F)(F)F)cc3)c2s1. The molecule has 6 nitrogen and oxygen atoms in total. The quantitative estimate of drug-likeness (QED) is 0.274. The zero-order valence-corrected chi connectivity index (χ0v) is 19.0. The molecule has 0 bridgehead atoms. The van der Waals surface area contributed by atoms with Crippen LogP contribution in [-0.2, 0) is 17.5 Å². The Balaban J connectivity index is 1.40. The lowest BCUT2D eigenvalue weighted by Crippen LogP contribution is -2.15. The number of carbonyl (C=O) groups excluding carboxylic acids is 1. The van der Waals surface area contributed by atoms with Crippen LogP contribution in [0.3, 0.4) is 0 Å². The molecule has 0 radical (unpaired) electrons. The molecule has 0 fully saturated rings. The summed E-state index contributed by atoms with van der Waals surface area (Å²) in [7, 11) is 1.95. The normalized spacial score (nSPS) is 11.5. The van der Waals surface area contributed by atoms with Crippen molar-refractivity contribution in [2.45, 2.75) is 17.7 Å². The highest BCUT2D eigenvalue weighted by atomic mass is 32.2. The molecule has 0 saturated heterocycles. The van der Waals surface area contributed by atoms with Crippen molar-refractivity contribution in [2.24, 2.45) is 0 Å². The van der Waals surface area contributed by atoms with Gasteiger partial charge in [0.05, 0.1) is 11.3 Å². The van der Waals surface area contributed by atoms with E-state index in [2.05, 4.69) is 20.3 Å². The number of anilines is 2. The first-order valence-corrected chi connectivity index (χ1v) is 11.6. The summed E-state index contributed by atoms with van der Waals surface area (Å²) in [4.78, 5) is 27.4. The molecule has 0 aliphatic heterocycles. The Morgan fingerprint density at radius 3 is 2.52 bits per heavy atom. The Kier molecular flexibility index (Phi) is 6.80. The maximum Gasteiger partial charge on any atom is 0.416 e. The first kappa shape index (κ1) is 23.0. The number of benzene rings is 2. The summed E-state index contributed by atoms with van der Waals surface area (Å²) in [5.74, 6) is -0.308. The van der Waals surface area contributed by atoms with Gasteiger partial charge in [-0.2, -0.15) is 18.2 Å². The molecule has 2 heterocycles. The first-order chi connectivity index (χ1) is 15.8. The molecule has 0 aliphatic carbocycles. The summed E-state index contributed by atoms with van der Waals surface area (Å²) >= 11 is 2.66. The second-order valence-corrected chi connectivity index (χ2v) is 9.02. The number of halogens is 3. The standard InChI is InChI=1S/C22H18F3N5OS2/c1-30(11-14-5-3-2-4-6-14)21-29-19-18(33-21)20(27-13-26-19)32-12-17(31)28-16-9-7-15(8-10-16)22(23,24)25/h2-10,13H,11-12H2,1H3,(H,28,31). The van der Waals surface area contributed by atoms with Gasteiger partial charge in [0.25, 0.3) is 0 Å². The van der Waals surface area contributed by atoms with Crippen LogP contribution in [0.25, 0.3) is 10.3 Å². The smallest absolute Gasteiger partial charge is 0.347 e. The summed E-state index contributed by atoms with van der Waals surface area (Å²) in [6.07, 6.45) is -3.02. The van der Waals surface area contributed by atoms with Crippen LogP contribution in [0.5, 0.6) is 0 Å². The Hall–Kier alpha value is -3.18. The van der Waals surface area contributed by atoms with Crippen LogP contribution in [-0.4, -0.2) is 33.7 Å². The van der Waals surface area contributed by atoms with Gasteiger partial charge in [-0.15, -0.1) is 0 Å². The number of fused-ring (bicyclic) bond motifs is 1. The second-order valence-electron chi connectivity index (χ2n) is 7.08. The fraction of sp³-hybridized carbons (Fsp3) is 0.182. The molecular formula is C22H18F3N5OS2. The van der Waals surface area contributed by atoms with E-state index in [1.54, 1.807) is 0 Å². The third kappa shape index (κ3) is 5.79. The number of carbonyl (C=O) groups is 1. The number of aromatic nitrogens is 3. The van der Waals surface area contributed by atoms with Gasteiger partial charge < -0.3 is 10.2 Å². The van der Waals surface area contributed by atoms with Gasteiger partial charge in [-0.25, -0.2) is 9.97 Å². The van der Waals surface area contributed by atoms with E-state index < -0.39 is 11.7 Å². The van der Waals surface area contributed by atoms with Crippen LogP contribution in [0.15, 0.2) is 66.0 Å². The van der Waals surface area contributed by atoms with Gasteiger partial charge in [-0.05, 0) is 29.8 Å². The molecule has 0 atom stereocenters. The summed E-state index contributed by atoms with van der Waals surface area (Å²) in [5, 5.41) is 4.01. The number of amides is 1. The Bertz CT molecular complexity index is 1250. The average molecular weight is 490 g/mol. The van der Waals surface area contributed by atoms with Crippen molar-refractivity contribution in [3.05, 3.63) is 72.1 Å². The summed E-state index contributed by atoms with van der Waals surface area (Å²) in [6, 6.07) is 14.3. The zero-order valence-electron chi connectivity index (χ0n) is 17.3. The van der Waals surface area contributed by atoms with Crippen LogP contribution in [0.2, 0.25) is 0 Å². The lowest BCUT2D eigenvalue weighted by molar-refractivity contribution is -0.137. The third-order valence-electron chi connectivity index (χ3n) is 4.57. The van der Waals surface area contributed by atoms with E-state index in [4.69, 9.17) is 0 Å². The lowest BCUT2D eigenvalue weighted by atomic mass is 10.2. The van der Waals surface area contributed by atoms with E-state index in [0.29, 0.717) is 22.9 Å². The van der Waals surface area contributed by atoms with Crippen LogP contribution in [0, 0.1) is 0 Å². The van der Waals surface area contributed by atoms with Gasteiger partial charge in [0.15, 0.2) is 10.8 Å². The van der Waals surface area contributed by atoms with Gasteiger partial charge in [0, 0.05) is 19.3 Å². The monoisotopic (exact) mass is 489 g/mol. The van der Waals surface area contributed by atoms with Crippen molar-refractivity contribution in [1.29, 1.82) is 0 Å². The molecule has 33 heavy (non-hydrogen) atoms. The molecule has 11 heteroatoms. The minimum atomic E-state index is -4.42. The number of alkyl halides is 3. The van der Waals surface area contributed by atoms with E-state index in [-0.39, 0.29) is 11.7 Å². The molecule has 4 aromatic rings. The predicted octanol–water partition coefficient (Wildman–Crippen LogP) is 5.47. The molecule has 170 valence electrons. The maximum absolute atomic E-state index is 12.7. The Labute approximate surface area is 195 Å². The highest BCUT2D eigenvalue weighted by molar-refractivity contribution is 8.00. The van der Waals surface area contributed by atoms with Crippen LogP contribution >= 0.6 is 23.1 Å². The highest BCUT2D eigenvalue weighted by Gasteiger charge is 2.30. The van der Waals surface area contributed by atoms with Gasteiger partial charge in [0.2, 0.25) is 5.91 Å². The number of hydrogen-bond donors (Lipinski definition) is 1. The van der Waals surface area contributed by atoms with Crippen molar-refractivity contribution in [3.8, 4) is 0 Å². The largest absolute Gasteiger partial charge is 0.416 e. The zero-order chi connectivity index (χ0) is 23.4. The highest BCUT2D eigenvalue weighted by Crippen LogP contribution is 2.34. The summed E-state index contributed by atoms with van der Waals surface area (Å²) in [5.41, 5.74) is 1.23. The molecule has 2 aromatic heterocycles. The van der Waals surface area contributed by atoms with Gasteiger partial charge >= 0.3 is 6.18 Å². The fourth-order valence-electron chi connectivity index (χ4n) is 2.99. The molecule has 1 N–H and O–H groups in total. The molecule has 0 unspecified atom stereocenters. The molecule has 0 aliphatic rings. The number of rotatable bonds is 7. The van der Waals surface area contributed by atoms with E-state index in [1.165, 1.54) is 41.6 Å². The minimum Gasteiger partial charge on any atom is -0.347 e. The number of thioether (sulfide) groups is 1. The lowest BCUT2D eigenvalue weighted by Gasteiger charge is -2.15. The van der Waals surface area contributed by atoms with Gasteiger partial charge in [-0.1, -0.05) is 53.4 Å². The second kappa shape index (κ2) is 9.75. The molecule has 2 aromatic carbocycles. The molecular weight excluding hydrogens is 471 g/mol. The Morgan fingerprint density at radius 2 is 1.82 bits per heavy atom. The summed E-state index contributed by atoms with van der Waals surface area (Å²) < 4.78 is 38.8. The van der Waals surface area contributed by atoms with Crippen molar-refractivity contribution >= 4 is 50.2 Å². The maximum atomic E-state index is 12.7. The molecule has 1 amide bonds. The minimum absolute atomic E-state index is 0.0419. The number of nitrogens with one attached hydrogen (secondary N) is 1.